The first kappa shape index (κ1) is 23.8. The molecule has 0 aromatic carbocycles. The number of hydrogen-bond donors (Lipinski definition) is 2. The summed E-state index contributed by atoms with van der Waals surface area (Å²) >= 11 is 4.41. The molecule has 0 aromatic rings. The predicted molar refractivity (Wildman–Crippen MR) is 105 cm³/mol. The van der Waals surface area contributed by atoms with Crippen LogP contribution in [0.25, 0.3) is 0 Å². The minimum absolute atomic E-state index is 0.153. The van der Waals surface area contributed by atoms with Gasteiger partial charge in [-0.25, -0.2) is 14.3 Å². The Labute approximate surface area is 167 Å². The fourth-order valence-corrected chi connectivity index (χ4v) is 3.74. The number of thiol groups is 1. The fourth-order valence-electron chi connectivity index (χ4n) is 2.49. The molecule has 9 nitrogen and oxygen atoms in total. The van der Waals surface area contributed by atoms with Gasteiger partial charge in [-0.3, -0.25) is 0 Å². The Kier molecular flexibility index (Phi) is 7.45. The van der Waals surface area contributed by atoms with Crippen molar-refractivity contribution < 1.29 is 27.5 Å². The first-order valence-corrected chi connectivity index (χ1v) is 10.6. The Hall–Kier alpha value is -1.20. The van der Waals surface area contributed by atoms with Crippen molar-refractivity contribution in [1.29, 1.82) is 0 Å². The Morgan fingerprint density at radius 2 is 1.67 bits per heavy atom. The normalized spacial score (nSPS) is 21.1. The molecule has 1 saturated heterocycles. The van der Waals surface area contributed by atoms with Crippen LogP contribution in [0.3, 0.4) is 0 Å². The van der Waals surface area contributed by atoms with E-state index in [0.29, 0.717) is 17.3 Å². The van der Waals surface area contributed by atoms with Crippen molar-refractivity contribution in [3.8, 4) is 0 Å². The third-order valence-corrected chi connectivity index (χ3v) is 5.31. The van der Waals surface area contributed by atoms with Crippen LogP contribution in [0.1, 0.15) is 48.0 Å². The molecule has 1 rings (SSSR count). The van der Waals surface area contributed by atoms with Crippen molar-refractivity contribution >= 4 is 35.0 Å². The van der Waals surface area contributed by atoms with Crippen LogP contribution in [0.2, 0.25) is 0 Å². The van der Waals surface area contributed by atoms with Gasteiger partial charge < -0.3 is 14.4 Å². The van der Waals surface area contributed by atoms with Gasteiger partial charge in [0.25, 0.3) is 0 Å². The highest BCUT2D eigenvalue weighted by atomic mass is 32.2. The minimum atomic E-state index is -4.12. The number of likely N-dealkylation sites (tertiary alicyclic amines) is 1. The van der Waals surface area contributed by atoms with Crippen molar-refractivity contribution in [3.63, 3.8) is 0 Å². The van der Waals surface area contributed by atoms with Gasteiger partial charge in [0.2, 0.25) is 0 Å². The van der Waals surface area contributed by atoms with E-state index in [1.807, 2.05) is 0 Å². The molecule has 1 fully saturated rings. The van der Waals surface area contributed by atoms with Crippen molar-refractivity contribution in [2.24, 2.45) is 0 Å². The van der Waals surface area contributed by atoms with Gasteiger partial charge in [0.1, 0.15) is 11.2 Å². The first-order valence-electron chi connectivity index (χ1n) is 8.67. The summed E-state index contributed by atoms with van der Waals surface area (Å²) in [7, 11) is -2.91. The van der Waals surface area contributed by atoms with E-state index in [-0.39, 0.29) is 11.8 Å². The zero-order valence-electron chi connectivity index (χ0n) is 17.0. The van der Waals surface area contributed by atoms with Crippen LogP contribution in [0.15, 0.2) is 0 Å². The summed E-state index contributed by atoms with van der Waals surface area (Å²) in [5, 5.41) is -0.153. The Bertz CT molecular complexity index is 654. The van der Waals surface area contributed by atoms with E-state index in [1.54, 1.807) is 41.5 Å². The molecule has 27 heavy (non-hydrogen) atoms. The molecule has 158 valence electrons. The molecule has 0 aromatic heterocycles. The molecule has 1 aliphatic heterocycles. The standard InChI is InChI=1S/C16H31N3O6S2/c1-15(2,3)24-13(20)18-10-12(26)8-11(18)9-19(27(22,23)17-7)14(21)25-16(4,5)6/h11-12,17,26H,8-10H2,1-7H3/t11-,12-/m0/s1. The summed E-state index contributed by atoms with van der Waals surface area (Å²) in [6.45, 7) is 10.2. The van der Waals surface area contributed by atoms with Crippen LogP contribution in [-0.2, 0) is 19.7 Å². The van der Waals surface area contributed by atoms with Gasteiger partial charge in [0.15, 0.2) is 0 Å². The molecule has 1 aliphatic rings. The quantitative estimate of drug-likeness (QED) is 0.668. The monoisotopic (exact) mass is 425 g/mol. The van der Waals surface area contributed by atoms with Gasteiger partial charge >= 0.3 is 22.4 Å². The van der Waals surface area contributed by atoms with E-state index < -0.39 is 39.6 Å². The predicted octanol–water partition coefficient (Wildman–Crippen LogP) is 2.00. The largest absolute Gasteiger partial charge is 0.444 e. The third-order valence-electron chi connectivity index (χ3n) is 3.54. The number of amides is 2. The van der Waals surface area contributed by atoms with Crippen molar-refractivity contribution in [2.75, 3.05) is 20.1 Å². The van der Waals surface area contributed by atoms with Gasteiger partial charge in [-0.1, -0.05) is 0 Å². The zero-order valence-corrected chi connectivity index (χ0v) is 18.7. The fraction of sp³-hybridized carbons (Fsp3) is 0.875. The molecule has 0 saturated carbocycles. The van der Waals surface area contributed by atoms with Crippen molar-refractivity contribution in [1.82, 2.24) is 13.9 Å². The maximum Gasteiger partial charge on any atom is 0.425 e. The number of hydrogen-bond acceptors (Lipinski definition) is 7. The van der Waals surface area contributed by atoms with E-state index in [4.69, 9.17) is 9.47 Å². The molecule has 0 spiro atoms. The lowest BCUT2D eigenvalue weighted by Crippen LogP contribution is -2.52. The zero-order chi connectivity index (χ0) is 21.2. The van der Waals surface area contributed by atoms with Gasteiger partial charge in [0.05, 0.1) is 12.6 Å². The van der Waals surface area contributed by atoms with E-state index in [0.717, 1.165) is 0 Å². The summed E-state index contributed by atoms with van der Waals surface area (Å²) in [6.07, 6.45) is -1.17. The number of carbonyl (C=O) groups is 2. The molecular formula is C16H31N3O6S2. The molecule has 11 heteroatoms. The Morgan fingerprint density at radius 3 is 2.11 bits per heavy atom. The van der Waals surface area contributed by atoms with Crippen LogP contribution >= 0.6 is 12.6 Å². The first-order chi connectivity index (χ1) is 12.1. The Morgan fingerprint density at radius 1 is 1.15 bits per heavy atom. The van der Waals surface area contributed by atoms with Gasteiger partial charge in [-0.05, 0) is 48.0 Å². The van der Waals surface area contributed by atoms with E-state index >= 15 is 0 Å². The summed E-state index contributed by atoms with van der Waals surface area (Å²) in [5.74, 6) is 0. The molecule has 0 unspecified atom stereocenters. The van der Waals surface area contributed by atoms with Crippen LogP contribution in [0.5, 0.6) is 0 Å². The highest BCUT2D eigenvalue weighted by Gasteiger charge is 2.41. The Balaban J connectivity index is 3.07. The lowest BCUT2D eigenvalue weighted by molar-refractivity contribution is 0.0168. The number of rotatable bonds is 4. The molecule has 1 heterocycles. The molecular weight excluding hydrogens is 394 g/mol. The third kappa shape index (κ3) is 7.38. The van der Waals surface area contributed by atoms with E-state index in [9.17, 15) is 18.0 Å². The molecule has 2 atom stereocenters. The van der Waals surface area contributed by atoms with E-state index in [1.165, 1.54) is 11.9 Å². The van der Waals surface area contributed by atoms with Crippen LogP contribution < -0.4 is 4.72 Å². The molecule has 1 N–H and O–H groups in total. The van der Waals surface area contributed by atoms with E-state index in [2.05, 4.69) is 17.4 Å². The SMILES string of the molecule is CNS(=O)(=O)N(C[C@@H]1C[C@H](S)CN1C(=O)OC(C)(C)C)C(=O)OC(C)(C)C. The van der Waals surface area contributed by atoms with Gasteiger partial charge in [-0.2, -0.15) is 25.4 Å². The molecule has 0 aliphatic carbocycles. The van der Waals surface area contributed by atoms with Crippen LogP contribution in [0.4, 0.5) is 9.59 Å². The summed E-state index contributed by atoms with van der Waals surface area (Å²) < 4.78 is 38.0. The lowest BCUT2D eigenvalue weighted by atomic mass is 10.2. The van der Waals surface area contributed by atoms with Crippen molar-refractivity contribution in [3.05, 3.63) is 0 Å². The maximum absolute atomic E-state index is 12.5. The average Bonchev–Trinajstić information content (AvgIpc) is 2.81. The lowest BCUT2D eigenvalue weighted by Gasteiger charge is -2.32. The second-order valence-corrected chi connectivity index (χ2v) is 10.9. The molecule has 2 amide bonds. The summed E-state index contributed by atoms with van der Waals surface area (Å²) in [6, 6.07) is -0.571. The van der Waals surface area contributed by atoms with Crippen LogP contribution in [0, 0.1) is 0 Å². The number of carbonyl (C=O) groups excluding carboxylic acids is 2. The van der Waals surface area contributed by atoms with Gasteiger partial charge in [-0.15, -0.1) is 0 Å². The smallest absolute Gasteiger partial charge is 0.425 e. The molecule has 0 radical (unpaired) electrons. The number of ether oxygens (including phenoxy) is 2. The molecule has 0 bridgehead atoms. The summed E-state index contributed by atoms with van der Waals surface area (Å²) in [5.41, 5.74) is -1.57. The topological polar surface area (TPSA) is 105 Å². The minimum Gasteiger partial charge on any atom is -0.444 e. The van der Waals surface area contributed by atoms with Gasteiger partial charge in [0, 0.05) is 18.8 Å². The highest BCUT2D eigenvalue weighted by Crippen LogP contribution is 2.26. The van der Waals surface area contributed by atoms with Crippen molar-refractivity contribution in [2.45, 2.75) is 70.5 Å². The second kappa shape index (κ2) is 8.44. The highest BCUT2D eigenvalue weighted by molar-refractivity contribution is 7.87. The van der Waals surface area contributed by atoms with Crippen LogP contribution in [-0.4, -0.2) is 72.4 Å². The second-order valence-electron chi connectivity index (χ2n) is 8.40. The summed E-state index contributed by atoms with van der Waals surface area (Å²) in [4.78, 5) is 26.4. The maximum atomic E-state index is 12.5. The average molecular weight is 426 g/mol. The number of nitrogens with zero attached hydrogens (tertiary/aromatic N) is 2. The number of nitrogens with one attached hydrogen (secondary N) is 1.